The first-order chi connectivity index (χ1) is 8.51. The lowest BCUT2D eigenvalue weighted by Gasteiger charge is -2.28. The second-order valence-electron chi connectivity index (χ2n) is 4.06. The van der Waals surface area contributed by atoms with Crippen LogP contribution in [0.4, 0.5) is 5.69 Å². The SMILES string of the molecule is CSCC(C)N(C)c1cc(Cl)ccc1/C(N)=N/O. The summed E-state index contributed by atoms with van der Waals surface area (Å²) < 4.78 is 0. The molecule has 0 saturated carbocycles. The average molecular weight is 288 g/mol. The first-order valence-electron chi connectivity index (χ1n) is 5.50. The molecule has 0 aliphatic carbocycles. The van der Waals surface area contributed by atoms with E-state index in [0.717, 1.165) is 11.4 Å². The predicted molar refractivity (Wildman–Crippen MR) is 80.2 cm³/mol. The smallest absolute Gasteiger partial charge is 0.172 e. The van der Waals surface area contributed by atoms with E-state index in [-0.39, 0.29) is 5.84 Å². The maximum atomic E-state index is 8.81. The maximum Gasteiger partial charge on any atom is 0.172 e. The Balaban J connectivity index is 3.16. The summed E-state index contributed by atoms with van der Waals surface area (Å²) in [4.78, 5) is 2.08. The molecule has 0 saturated heterocycles. The summed E-state index contributed by atoms with van der Waals surface area (Å²) in [5.41, 5.74) is 7.22. The van der Waals surface area contributed by atoms with Gasteiger partial charge in [0.15, 0.2) is 5.84 Å². The molecule has 3 N–H and O–H groups in total. The molecule has 0 fully saturated rings. The van der Waals surface area contributed by atoms with Crippen molar-refractivity contribution in [2.75, 3.05) is 24.0 Å². The molecule has 18 heavy (non-hydrogen) atoms. The minimum atomic E-state index is 0.0878. The van der Waals surface area contributed by atoms with E-state index in [2.05, 4.69) is 23.2 Å². The van der Waals surface area contributed by atoms with Crippen LogP contribution in [0.25, 0.3) is 0 Å². The topological polar surface area (TPSA) is 61.8 Å². The highest BCUT2D eigenvalue weighted by molar-refractivity contribution is 7.98. The summed E-state index contributed by atoms with van der Waals surface area (Å²) >= 11 is 7.79. The van der Waals surface area contributed by atoms with Gasteiger partial charge in [0, 0.05) is 35.1 Å². The molecule has 0 radical (unpaired) electrons. The van der Waals surface area contributed by atoms with Gasteiger partial charge in [0.25, 0.3) is 0 Å². The minimum Gasteiger partial charge on any atom is -0.409 e. The van der Waals surface area contributed by atoms with Crippen LogP contribution < -0.4 is 10.6 Å². The van der Waals surface area contributed by atoms with Gasteiger partial charge >= 0.3 is 0 Å². The number of hydrogen-bond acceptors (Lipinski definition) is 4. The monoisotopic (exact) mass is 287 g/mol. The van der Waals surface area contributed by atoms with Crippen molar-refractivity contribution in [3.63, 3.8) is 0 Å². The number of thioether (sulfide) groups is 1. The van der Waals surface area contributed by atoms with Gasteiger partial charge in [-0.2, -0.15) is 11.8 Å². The van der Waals surface area contributed by atoms with Gasteiger partial charge in [-0.1, -0.05) is 16.8 Å². The number of hydrogen-bond donors (Lipinski definition) is 2. The van der Waals surface area contributed by atoms with E-state index < -0.39 is 0 Å². The zero-order valence-corrected chi connectivity index (χ0v) is 12.3. The van der Waals surface area contributed by atoms with Crippen LogP contribution in [0.5, 0.6) is 0 Å². The van der Waals surface area contributed by atoms with Crippen molar-refractivity contribution in [2.45, 2.75) is 13.0 Å². The van der Waals surface area contributed by atoms with Gasteiger partial charge in [-0.3, -0.25) is 0 Å². The summed E-state index contributed by atoms with van der Waals surface area (Å²) in [6.45, 7) is 2.12. The summed E-state index contributed by atoms with van der Waals surface area (Å²) in [6, 6.07) is 5.63. The van der Waals surface area contributed by atoms with Gasteiger partial charge in [-0.15, -0.1) is 0 Å². The molecule has 100 valence electrons. The molecule has 0 heterocycles. The summed E-state index contributed by atoms with van der Waals surface area (Å²) in [5, 5.41) is 12.5. The molecule has 1 unspecified atom stereocenters. The molecule has 4 nitrogen and oxygen atoms in total. The van der Waals surface area contributed by atoms with Crippen LogP contribution in [-0.2, 0) is 0 Å². The number of nitrogens with zero attached hydrogens (tertiary/aromatic N) is 2. The summed E-state index contributed by atoms with van der Waals surface area (Å²) in [6.07, 6.45) is 2.06. The number of rotatable bonds is 5. The van der Waals surface area contributed by atoms with Gasteiger partial charge in [0.2, 0.25) is 0 Å². The number of halogens is 1. The van der Waals surface area contributed by atoms with Crippen molar-refractivity contribution in [3.05, 3.63) is 28.8 Å². The van der Waals surface area contributed by atoms with E-state index in [1.54, 1.807) is 23.9 Å². The van der Waals surface area contributed by atoms with E-state index in [4.69, 9.17) is 22.5 Å². The molecule has 0 spiro atoms. The Kier molecular flexibility index (Phi) is 5.62. The Morgan fingerprint density at radius 2 is 2.28 bits per heavy atom. The second kappa shape index (κ2) is 6.75. The normalized spacial score (nSPS) is 13.4. The zero-order chi connectivity index (χ0) is 13.7. The van der Waals surface area contributed by atoms with Crippen molar-refractivity contribution in [1.29, 1.82) is 0 Å². The molecule has 1 aromatic carbocycles. The first-order valence-corrected chi connectivity index (χ1v) is 7.27. The van der Waals surface area contributed by atoms with Crippen LogP contribution in [-0.4, -0.2) is 36.1 Å². The third-order valence-electron chi connectivity index (χ3n) is 2.79. The number of nitrogens with two attached hydrogens (primary N) is 1. The fourth-order valence-electron chi connectivity index (χ4n) is 1.66. The van der Waals surface area contributed by atoms with E-state index in [1.165, 1.54) is 0 Å². The van der Waals surface area contributed by atoms with E-state index >= 15 is 0 Å². The number of anilines is 1. The molecule has 0 aliphatic rings. The lowest BCUT2D eigenvalue weighted by atomic mass is 10.1. The second-order valence-corrected chi connectivity index (χ2v) is 5.41. The largest absolute Gasteiger partial charge is 0.409 e. The molecule has 0 bridgehead atoms. The highest BCUT2D eigenvalue weighted by Crippen LogP contribution is 2.26. The maximum absolute atomic E-state index is 8.81. The van der Waals surface area contributed by atoms with Crippen molar-refractivity contribution in [1.82, 2.24) is 0 Å². The van der Waals surface area contributed by atoms with Crippen LogP contribution in [0, 0.1) is 0 Å². The van der Waals surface area contributed by atoms with E-state index in [1.807, 2.05) is 13.1 Å². The highest BCUT2D eigenvalue weighted by Gasteiger charge is 2.16. The average Bonchev–Trinajstić information content (AvgIpc) is 2.37. The summed E-state index contributed by atoms with van der Waals surface area (Å²) in [7, 11) is 1.97. The minimum absolute atomic E-state index is 0.0878. The van der Waals surface area contributed by atoms with Crippen LogP contribution in [0.2, 0.25) is 5.02 Å². The van der Waals surface area contributed by atoms with Gasteiger partial charge in [0.1, 0.15) is 0 Å². The van der Waals surface area contributed by atoms with E-state index in [0.29, 0.717) is 16.6 Å². The molecule has 0 amide bonds. The van der Waals surface area contributed by atoms with Crippen molar-refractivity contribution in [3.8, 4) is 0 Å². The lowest BCUT2D eigenvalue weighted by molar-refractivity contribution is 0.318. The molecule has 0 aromatic heterocycles. The molecule has 0 aliphatic heterocycles. The highest BCUT2D eigenvalue weighted by atomic mass is 35.5. The lowest BCUT2D eigenvalue weighted by Crippen LogP contribution is -2.32. The van der Waals surface area contributed by atoms with Crippen LogP contribution in [0.3, 0.4) is 0 Å². The molecule has 1 atom stereocenters. The van der Waals surface area contributed by atoms with Gasteiger partial charge in [-0.05, 0) is 31.4 Å². The first kappa shape index (κ1) is 15.0. The fourth-order valence-corrected chi connectivity index (χ4v) is 2.53. The Hall–Kier alpha value is -1.07. The predicted octanol–water partition coefficient (Wildman–Crippen LogP) is 2.62. The molecule has 6 heteroatoms. The standard InChI is InChI=1S/C12H18ClN3OS/c1-8(7-18-3)16(2)11-6-9(13)4-5-10(11)12(14)15-17/h4-6,8,17H,7H2,1-3H3,(H2,14,15). The van der Waals surface area contributed by atoms with Gasteiger partial charge in [0.05, 0.1) is 0 Å². The summed E-state index contributed by atoms with van der Waals surface area (Å²) in [5.74, 6) is 1.07. The fraction of sp³-hybridized carbons (Fsp3) is 0.417. The Morgan fingerprint density at radius 1 is 1.61 bits per heavy atom. The number of oxime groups is 1. The molecule has 1 rings (SSSR count). The Bertz CT molecular complexity index is 439. The third kappa shape index (κ3) is 3.46. The van der Waals surface area contributed by atoms with E-state index in [9.17, 15) is 0 Å². The third-order valence-corrected chi connectivity index (χ3v) is 3.84. The molecular weight excluding hydrogens is 270 g/mol. The zero-order valence-electron chi connectivity index (χ0n) is 10.7. The van der Waals surface area contributed by atoms with Crippen LogP contribution in [0.15, 0.2) is 23.4 Å². The van der Waals surface area contributed by atoms with Crippen molar-refractivity contribution in [2.24, 2.45) is 10.9 Å². The van der Waals surface area contributed by atoms with Gasteiger partial charge in [-0.25, -0.2) is 0 Å². The van der Waals surface area contributed by atoms with Crippen LogP contribution in [0.1, 0.15) is 12.5 Å². The molecule has 1 aromatic rings. The Morgan fingerprint density at radius 3 is 2.83 bits per heavy atom. The van der Waals surface area contributed by atoms with Crippen molar-refractivity contribution < 1.29 is 5.21 Å². The van der Waals surface area contributed by atoms with Crippen molar-refractivity contribution >= 4 is 34.9 Å². The van der Waals surface area contributed by atoms with Crippen LogP contribution >= 0.6 is 23.4 Å². The molecular formula is C12H18ClN3OS. The Labute approximate surface area is 117 Å². The number of benzene rings is 1. The quantitative estimate of drug-likeness (QED) is 0.378. The van der Waals surface area contributed by atoms with Gasteiger partial charge < -0.3 is 15.8 Å². The number of amidine groups is 1.